The first-order valence-electron chi connectivity index (χ1n) is 8.33. The van der Waals surface area contributed by atoms with E-state index in [2.05, 4.69) is 10.2 Å². The third-order valence-corrected chi connectivity index (χ3v) is 4.55. The largest absolute Gasteiger partial charge is 0.486 e. The predicted molar refractivity (Wildman–Crippen MR) is 103 cm³/mol. The van der Waals surface area contributed by atoms with E-state index in [0.29, 0.717) is 48.5 Å². The van der Waals surface area contributed by atoms with Crippen LogP contribution >= 0.6 is 23.2 Å². The average molecular weight is 395 g/mol. The normalized spacial score (nSPS) is 12.9. The molecule has 0 fully saturated rings. The van der Waals surface area contributed by atoms with Crippen LogP contribution in [0.15, 0.2) is 36.4 Å². The second kappa shape index (κ2) is 8.62. The molecule has 0 saturated heterocycles. The Labute approximate surface area is 162 Å². The lowest BCUT2D eigenvalue weighted by Gasteiger charge is -2.21. The van der Waals surface area contributed by atoms with Crippen molar-refractivity contribution in [1.82, 2.24) is 4.90 Å². The van der Waals surface area contributed by atoms with Gasteiger partial charge in [0.25, 0.3) is 0 Å². The molecule has 0 aromatic heterocycles. The van der Waals surface area contributed by atoms with Gasteiger partial charge in [-0.05, 0) is 42.9 Å². The maximum atomic E-state index is 12.1. The number of amides is 1. The molecule has 0 aliphatic carbocycles. The average Bonchev–Trinajstić information content (AvgIpc) is 2.63. The number of carbonyl (C=O) groups is 1. The van der Waals surface area contributed by atoms with Gasteiger partial charge in [-0.2, -0.15) is 0 Å². The lowest BCUT2D eigenvalue weighted by atomic mass is 10.2. The van der Waals surface area contributed by atoms with Crippen molar-refractivity contribution in [1.29, 1.82) is 0 Å². The van der Waals surface area contributed by atoms with Crippen molar-refractivity contribution in [3.05, 3.63) is 52.0 Å². The van der Waals surface area contributed by atoms with Crippen molar-refractivity contribution in [2.75, 3.05) is 32.1 Å². The minimum Gasteiger partial charge on any atom is -0.486 e. The highest BCUT2D eigenvalue weighted by molar-refractivity contribution is 6.35. The second-order valence-electron chi connectivity index (χ2n) is 6.14. The first kappa shape index (κ1) is 18.8. The van der Waals surface area contributed by atoms with Crippen LogP contribution in [0.2, 0.25) is 10.0 Å². The minimum absolute atomic E-state index is 0.108. The predicted octanol–water partition coefficient (Wildman–Crippen LogP) is 4.23. The Morgan fingerprint density at radius 2 is 1.88 bits per heavy atom. The molecule has 138 valence electrons. The van der Waals surface area contributed by atoms with Gasteiger partial charge < -0.3 is 19.7 Å². The van der Waals surface area contributed by atoms with Gasteiger partial charge >= 0.3 is 0 Å². The fraction of sp³-hybridized carbons (Fsp3) is 0.316. The molecule has 1 heterocycles. The fourth-order valence-electron chi connectivity index (χ4n) is 2.68. The van der Waals surface area contributed by atoms with E-state index in [1.165, 1.54) is 0 Å². The van der Waals surface area contributed by atoms with Crippen molar-refractivity contribution in [3.8, 4) is 11.5 Å². The molecule has 2 aromatic carbocycles. The van der Waals surface area contributed by atoms with Crippen LogP contribution in [0.4, 0.5) is 5.69 Å². The van der Waals surface area contributed by atoms with Crippen molar-refractivity contribution in [3.63, 3.8) is 0 Å². The zero-order valence-electron chi connectivity index (χ0n) is 14.4. The van der Waals surface area contributed by atoms with Gasteiger partial charge in [-0.15, -0.1) is 0 Å². The van der Waals surface area contributed by atoms with Crippen LogP contribution in [0, 0.1) is 0 Å². The van der Waals surface area contributed by atoms with Crippen LogP contribution in [0.3, 0.4) is 0 Å². The maximum absolute atomic E-state index is 12.1. The van der Waals surface area contributed by atoms with Crippen LogP contribution in [0.5, 0.6) is 11.5 Å². The third kappa shape index (κ3) is 5.04. The minimum atomic E-state index is -0.108. The first-order valence-corrected chi connectivity index (χ1v) is 9.09. The Morgan fingerprint density at radius 1 is 1.12 bits per heavy atom. The van der Waals surface area contributed by atoms with Crippen LogP contribution in [0.25, 0.3) is 0 Å². The summed E-state index contributed by atoms with van der Waals surface area (Å²) in [4.78, 5) is 14.2. The summed E-state index contributed by atoms with van der Waals surface area (Å²) in [6, 6.07) is 10.9. The number of halogens is 2. The lowest BCUT2D eigenvalue weighted by molar-refractivity contribution is -0.116. The summed E-state index contributed by atoms with van der Waals surface area (Å²) in [5.41, 5.74) is 1.63. The fourth-order valence-corrected chi connectivity index (χ4v) is 3.01. The number of nitrogens with one attached hydrogen (secondary N) is 1. The van der Waals surface area contributed by atoms with Crippen LogP contribution in [-0.2, 0) is 11.3 Å². The highest BCUT2D eigenvalue weighted by Gasteiger charge is 2.13. The number of ether oxygens (including phenoxy) is 2. The molecule has 26 heavy (non-hydrogen) atoms. The standard InChI is InChI=1S/C19H20Cl2N2O3/c1-23(12-13-2-5-17-18(10-13)26-9-8-25-17)7-6-19(24)22-16-11-14(20)3-4-15(16)21/h2-5,10-11H,6-9,12H2,1H3,(H,22,24). The summed E-state index contributed by atoms with van der Waals surface area (Å²) < 4.78 is 11.1. The molecule has 1 amide bonds. The van der Waals surface area contributed by atoms with E-state index < -0.39 is 0 Å². The van der Waals surface area contributed by atoms with E-state index in [1.54, 1.807) is 18.2 Å². The molecule has 2 aromatic rings. The Hall–Kier alpha value is -1.95. The van der Waals surface area contributed by atoms with E-state index in [4.69, 9.17) is 32.7 Å². The van der Waals surface area contributed by atoms with Gasteiger partial charge in [0.1, 0.15) is 13.2 Å². The smallest absolute Gasteiger partial charge is 0.225 e. The number of fused-ring (bicyclic) bond motifs is 1. The van der Waals surface area contributed by atoms with Gasteiger partial charge in [-0.3, -0.25) is 4.79 Å². The molecule has 1 aliphatic heterocycles. The van der Waals surface area contributed by atoms with E-state index in [9.17, 15) is 4.79 Å². The summed E-state index contributed by atoms with van der Waals surface area (Å²) in [5.74, 6) is 1.44. The lowest BCUT2D eigenvalue weighted by Crippen LogP contribution is -2.24. The van der Waals surface area contributed by atoms with Gasteiger partial charge in [0.2, 0.25) is 5.91 Å². The van der Waals surface area contributed by atoms with Crippen molar-refractivity contribution in [2.45, 2.75) is 13.0 Å². The van der Waals surface area contributed by atoms with Crippen molar-refractivity contribution in [2.24, 2.45) is 0 Å². The van der Waals surface area contributed by atoms with Gasteiger partial charge in [-0.25, -0.2) is 0 Å². The Bertz CT molecular complexity index is 798. The molecule has 0 saturated carbocycles. The Balaban J connectivity index is 1.50. The van der Waals surface area contributed by atoms with Gasteiger partial charge in [-0.1, -0.05) is 29.3 Å². The summed E-state index contributed by atoms with van der Waals surface area (Å²) in [6.07, 6.45) is 0.351. The maximum Gasteiger partial charge on any atom is 0.225 e. The molecule has 1 N–H and O–H groups in total. The number of carbonyl (C=O) groups excluding carboxylic acids is 1. The summed E-state index contributed by atoms with van der Waals surface area (Å²) in [6.45, 7) is 2.47. The topological polar surface area (TPSA) is 50.8 Å². The highest BCUT2D eigenvalue weighted by Crippen LogP contribution is 2.31. The van der Waals surface area contributed by atoms with Crippen LogP contribution in [0.1, 0.15) is 12.0 Å². The molecule has 0 bridgehead atoms. The van der Waals surface area contributed by atoms with E-state index in [-0.39, 0.29) is 5.91 Å². The molecule has 3 rings (SSSR count). The van der Waals surface area contributed by atoms with Crippen molar-refractivity contribution < 1.29 is 14.3 Å². The number of nitrogens with zero attached hydrogens (tertiary/aromatic N) is 1. The number of hydrogen-bond acceptors (Lipinski definition) is 4. The summed E-state index contributed by atoms with van der Waals surface area (Å²) in [7, 11) is 1.97. The zero-order valence-corrected chi connectivity index (χ0v) is 15.9. The van der Waals surface area contributed by atoms with Gasteiger partial charge in [0.05, 0.1) is 10.7 Å². The van der Waals surface area contributed by atoms with Crippen LogP contribution < -0.4 is 14.8 Å². The number of anilines is 1. The van der Waals surface area contributed by atoms with E-state index >= 15 is 0 Å². The van der Waals surface area contributed by atoms with Crippen LogP contribution in [-0.4, -0.2) is 37.6 Å². The quantitative estimate of drug-likeness (QED) is 0.796. The monoisotopic (exact) mass is 394 g/mol. The Morgan fingerprint density at radius 3 is 2.69 bits per heavy atom. The molecular formula is C19H20Cl2N2O3. The highest BCUT2D eigenvalue weighted by atomic mass is 35.5. The van der Waals surface area contributed by atoms with Gasteiger partial charge in [0, 0.05) is 24.5 Å². The van der Waals surface area contributed by atoms with E-state index in [0.717, 1.165) is 17.1 Å². The second-order valence-corrected chi connectivity index (χ2v) is 6.98. The third-order valence-electron chi connectivity index (χ3n) is 3.98. The molecular weight excluding hydrogens is 375 g/mol. The molecule has 0 radical (unpaired) electrons. The SMILES string of the molecule is CN(CCC(=O)Nc1cc(Cl)ccc1Cl)Cc1ccc2c(c1)OCCO2. The van der Waals surface area contributed by atoms with E-state index in [1.807, 2.05) is 25.2 Å². The molecule has 5 nitrogen and oxygen atoms in total. The number of benzene rings is 2. The number of hydrogen-bond donors (Lipinski definition) is 1. The molecule has 0 atom stereocenters. The summed E-state index contributed by atoms with van der Waals surface area (Å²) >= 11 is 12.0. The van der Waals surface area contributed by atoms with Crippen molar-refractivity contribution >= 4 is 34.8 Å². The number of rotatable bonds is 6. The first-order chi connectivity index (χ1) is 12.5. The molecule has 1 aliphatic rings. The Kier molecular flexibility index (Phi) is 6.25. The van der Waals surface area contributed by atoms with Gasteiger partial charge in [0.15, 0.2) is 11.5 Å². The molecule has 7 heteroatoms. The summed E-state index contributed by atoms with van der Waals surface area (Å²) in [5, 5.41) is 3.79. The zero-order chi connectivity index (χ0) is 18.5. The molecule has 0 unspecified atom stereocenters. The molecule has 0 spiro atoms.